The molecule has 6 nitrogen and oxygen atoms in total. The Morgan fingerprint density at radius 2 is 1.78 bits per heavy atom. The first-order valence-electron chi connectivity index (χ1n) is 6.16. The fraction of sp³-hybridized carbons (Fsp3) is 0.0714. The Hall–Kier alpha value is -2.09. The van der Waals surface area contributed by atoms with Crippen molar-refractivity contribution in [2.45, 2.75) is 0 Å². The normalized spacial score (nSPS) is 10.0. The van der Waals surface area contributed by atoms with Gasteiger partial charge in [-0.25, -0.2) is 9.59 Å². The van der Waals surface area contributed by atoms with E-state index in [-0.39, 0.29) is 26.2 Å². The van der Waals surface area contributed by atoms with Crippen LogP contribution in [0.25, 0.3) is 0 Å². The van der Waals surface area contributed by atoms with E-state index in [0.717, 1.165) is 11.3 Å². The van der Waals surface area contributed by atoms with Gasteiger partial charge < -0.3 is 10.1 Å². The van der Waals surface area contributed by atoms with Crippen molar-refractivity contribution in [2.24, 2.45) is 0 Å². The Morgan fingerprint density at radius 3 is 2.39 bits per heavy atom. The molecule has 0 aliphatic rings. The molecule has 23 heavy (non-hydrogen) atoms. The van der Waals surface area contributed by atoms with Crippen LogP contribution in [0.5, 0.6) is 0 Å². The number of esters is 1. The molecule has 0 saturated carbocycles. The molecule has 1 aromatic carbocycles. The van der Waals surface area contributed by atoms with Crippen LogP contribution < -0.4 is 10.6 Å². The highest BCUT2D eigenvalue weighted by molar-refractivity contribution is 7.12. The van der Waals surface area contributed by atoms with Gasteiger partial charge in [-0.15, -0.1) is 11.3 Å². The number of anilines is 1. The van der Waals surface area contributed by atoms with Crippen LogP contribution in [0.3, 0.4) is 0 Å². The smallest absolute Gasteiger partial charge is 0.350 e. The Labute approximate surface area is 145 Å². The summed E-state index contributed by atoms with van der Waals surface area (Å²) in [6.07, 6.45) is 0. The van der Waals surface area contributed by atoms with E-state index in [1.807, 2.05) is 0 Å². The second-order valence-corrected chi connectivity index (χ2v) is 5.89. The van der Waals surface area contributed by atoms with E-state index in [9.17, 15) is 14.4 Å². The number of benzene rings is 1. The predicted molar refractivity (Wildman–Crippen MR) is 88.6 cm³/mol. The van der Waals surface area contributed by atoms with Crippen LogP contribution in [0.1, 0.15) is 20.0 Å². The molecule has 0 atom stereocenters. The zero-order valence-corrected chi connectivity index (χ0v) is 14.0. The summed E-state index contributed by atoms with van der Waals surface area (Å²) in [5.41, 5.74) is 0.224. The molecule has 2 N–H and O–H groups in total. The molecule has 1 aromatic heterocycles. The molecule has 3 amide bonds. The highest BCUT2D eigenvalue weighted by atomic mass is 35.5. The first-order chi connectivity index (χ1) is 10.9. The molecule has 2 aromatic rings. The third-order valence-electron chi connectivity index (χ3n) is 2.70. The average Bonchev–Trinajstić information content (AvgIpc) is 2.94. The maximum absolute atomic E-state index is 12.1. The van der Waals surface area contributed by atoms with Crippen molar-refractivity contribution in [3.8, 4) is 0 Å². The lowest BCUT2D eigenvalue weighted by molar-refractivity contribution is 0.0607. The second-order valence-electron chi connectivity index (χ2n) is 4.16. The minimum atomic E-state index is -0.825. The summed E-state index contributed by atoms with van der Waals surface area (Å²) in [6, 6.07) is 5.23. The number of methoxy groups -OCH3 is 1. The fourth-order valence-corrected chi connectivity index (χ4v) is 3.03. The number of ether oxygens (including phenoxy) is 1. The number of thiophene rings is 1. The van der Waals surface area contributed by atoms with E-state index >= 15 is 0 Å². The predicted octanol–water partition coefficient (Wildman–Crippen LogP) is 3.80. The number of hydrogen-bond donors (Lipinski definition) is 2. The summed E-state index contributed by atoms with van der Waals surface area (Å²) in [5.74, 6) is -1.34. The number of nitrogens with one attached hydrogen (secondary N) is 2. The van der Waals surface area contributed by atoms with Gasteiger partial charge >= 0.3 is 12.0 Å². The third kappa shape index (κ3) is 4.01. The first-order valence-corrected chi connectivity index (χ1v) is 7.79. The lowest BCUT2D eigenvalue weighted by Gasteiger charge is -2.09. The molecule has 0 aliphatic heterocycles. The van der Waals surface area contributed by atoms with Crippen molar-refractivity contribution in [1.82, 2.24) is 5.32 Å². The maximum Gasteiger partial charge on any atom is 0.350 e. The van der Waals surface area contributed by atoms with E-state index in [2.05, 4.69) is 15.4 Å². The van der Waals surface area contributed by atoms with Gasteiger partial charge in [-0.1, -0.05) is 29.3 Å². The number of halogens is 2. The summed E-state index contributed by atoms with van der Waals surface area (Å²) in [4.78, 5) is 35.7. The number of amides is 3. The van der Waals surface area contributed by atoms with Crippen LogP contribution in [0.4, 0.5) is 10.5 Å². The standard InChI is InChI=1S/C14H10Cl2N2O4S/c1-22-13(20)11-9(5-6-23-11)17-14(21)18-12(19)10-7(15)3-2-4-8(10)16/h2-6H,1H3,(H2,17,18,19,21). The van der Waals surface area contributed by atoms with Crippen molar-refractivity contribution in [1.29, 1.82) is 0 Å². The quantitative estimate of drug-likeness (QED) is 0.802. The van der Waals surface area contributed by atoms with Crippen LogP contribution in [0.15, 0.2) is 29.6 Å². The lowest BCUT2D eigenvalue weighted by Crippen LogP contribution is -2.34. The van der Waals surface area contributed by atoms with E-state index < -0.39 is 17.9 Å². The zero-order chi connectivity index (χ0) is 17.0. The van der Waals surface area contributed by atoms with Crippen LogP contribution >= 0.6 is 34.5 Å². The van der Waals surface area contributed by atoms with Gasteiger partial charge in [0.25, 0.3) is 5.91 Å². The fourth-order valence-electron chi connectivity index (χ4n) is 1.69. The van der Waals surface area contributed by atoms with Gasteiger partial charge in [-0.3, -0.25) is 10.1 Å². The van der Waals surface area contributed by atoms with E-state index in [0.29, 0.717) is 0 Å². The minimum Gasteiger partial charge on any atom is -0.465 e. The van der Waals surface area contributed by atoms with Crippen molar-refractivity contribution in [2.75, 3.05) is 12.4 Å². The van der Waals surface area contributed by atoms with Crippen molar-refractivity contribution in [3.63, 3.8) is 0 Å². The Morgan fingerprint density at radius 1 is 1.13 bits per heavy atom. The molecule has 2 rings (SSSR count). The molecule has 0 bridgehead atoms. The number of carbonyl (C=O) groups excluding carboxylic acids is 3. The first kappa shape index (κ1) is 17.3. The van der Waals surface area contributed by atoms with Crippen molar-refractivity contribution < 1.29 is 19.1 Å². The largest absolute Gasteiger partial charge is 0.465 e. The van der Waals surface area contributed by atoms with Gasteiger partial charge in [0.2, 0.25) is 0 Å². The number of urea groups is 1. The van der Waals surface area contributed by atoms with Gasteiger partial charge in [0.15, 0.2) is 0 Å². The summed E-state index contributed by atoms with van der Waals surface area (Å²) < 4.78 is 4.60. The summed E-state index contributed by atoms with van der Waals surface area (Å²) >= 11 is 12.9. The maximum atomic E-state index is 12.1. The number of rotatable bonds is 3. The molecule has 0 aliphatic carbocycles. The lowest BCUT2D eigenvalue weighted by atomic mass is 10.2. The van der Waals surface area contributed by atoms with Crippen LogP contribution in [-0.4, -0.2) is 25.0 Å². The van der Waals surface area contributed by atoms with Crippen LogP contribution in [0, 0.1) is 0 Å². The monoisotopic (exact) mass is 372 g/mol. The van der Waals surface area contributed by atoms with Crippen LogP contribution in [-0.2, 0) is 4.74 Å². The van der Waals surface area contributed by atoms with Crippen molar-refractivity contribution >= 4 is 58.1 Å². The van der Waals surface area contributed by atoms with E-state index in [4.69, 9.17) is 23.2 Å². The number of hydrogen-bond acceptors (Lipinski definition) is 5. The molecule has 9 heteroatoms. The third-order valence-corrected chi connectivity index (χ3v) is 4.23. The molecule has 0 spiro atoms. The van der Waals surface area contributed by atoms with Crippen molar-refractivity contribution in [3.05, 3.63) is 50.1 Å². The highest BCUT2D eigenvalue weighted by Crippen LogP contribution is 2.25. The second kappa shape index (κ2) is 7.45. The van der Waals surface area contributed by atoms with E-state index in [1.165, 1.54) is 25.3 Å². The summed E-state index contributed by atoms with van der Waals surface area (Å²) in [7, 11) is 1.23. The topological polar surface area (TPSA) is 84.5 Å². The van der Waals surface area contributed by atoms with Gasteiger partial charge in [0.05, 0.1) is 28.4 Å². The number of carbonyl (C=O) groups is 3. The molecule has 120 valence electrons. The van der Waals surface area contributed by atoms with Gasteiger partial charge in [0.1, 0.15) is 4.88 Å². The molecule has 0 unspecified atom stereocenters. The van der Waals surface area contributed by atoms with E-state index in [1.54, 1.807) is 11.4 Å². The molecular weight excluding hydrogens is 363 g/mol. The Balaban J connectivity index is 2.10. The molecule has 0 fully saturated rings. The Kier molecular flexibility index (Phi) is 5.59. The SMILES string of the molecule is COC(=O)c1sccc1NC(=O)NC(=O)c1c(Cl)cccc1Cl. The summed E-state index contributed by atoms with van der Waals surface area (Å²) in [5, 5.41) is 6.34. The Bertz CT molecular complexity index is 756. The van der Waals surface area contributed by atoms with Gasteiger partial charge in [-0.05, 0) is 23.6 Å². The molecule has 0 saturated heterocycles. The average molecular weight is 373 g/mol. The van der Waals surface area contributed by atoms with Gasteiger partial charge in [0, 0.05) is 0 Å². The van der Waals surface area contributed by atoms with Crippen LogP contribution in [0.2, 0.25) is 10.0 Å². The van der Waals surface area contributed by atoms with Gasteiger partial charge in [-0.2, -0.15) is 0 Å². The minimum absolute atomic E-state index is 0.00973. The zero-order valence-electron chi connectivity index (χ0n) is 11.7. The molecule has 1 heterocycles. The molecule has 0 radical (unpaired) electrons. The molecular formula is C14H10Cl2N2O4S. The number of imide groups is 1. The highest BCUT2D eigenvalue weighted by Gasteiger charge is 2.19. The summed E-state index contributed by atoms with van der Waals surface area (Å²) in [6.45, 7) is 0.